The molecule has 1 aliphatic carbocycles. The molecular formula is C16H21ClO3. The van der Waals surface area contributed by atoms with Crippen molar-refractivity contribution in [1.82, 2.24) is 0 Å². The average Bonchev–Trinajstić information content (AvgIpc) is 2.42. The first-order valence-corrected chi connectivity index (χ1v) is 7.56. The summed E-state index contributed by atoms with van der Waals surface area (Å²) in [5.41, 5.74) is 1.72. The highest BCUT2D eigenvalue weighted by Gasteiger charge is 2.24. The van der Waals surface area contributed by atoms with Crippen LogP contribution in [-0.4, -0.2) is 22.3 Å². The zero-order chi connectivity index (χ0) is 14.7. The van der Waals surface area contributed by atoms with Gasteiger partial charge in [-0.1, -0.05) is 36.6 Å². The van der Waals surface area contributed by atoms with Crippen molar-refractivity contribution in [2.24, 2.45) is 5.92 Å². The molecule has 110 valence electrons. The first-order chi connectivity index (χ1) is 9.49. The molecule has 1 saturated carbocycles. The molecule has 4 heteroatoms. The number of aliphatic hydroxyl groups excluding tert-OH is 1. The minimum Gasteiger partial charge on any atom is -0.481 e. The number of aliphatic hydroxyl groups is 1. The Labute approximate surface area is 124 Å². The fourth-order valence-corrected chi connectivity index (χ4v) is 3.12. The Kier molecular flexibility index (Phi) is 5.06. The van der Waals surface area contributed by atoms with Gasteiger partial charge in [0, 0.05) is 5.02 Å². The lowest BCUT2D eigenvalue weighted by Gasteiger charge is -2.28. The molecule has 0 heterocycles. The molecule has 0 saturated heterocycles. The smallest absolute Gasteiger partial charge is 0.310 e. The van der Waals surface area contributed by atoms with Crippen LogP contribution in [0.1, 0.15) is 49.7 Å². The summed E-state index contributed by atoms with van der Waals surface area (Å²) in [6, 6.07) is 5.47. The van der Waals surface area contributed by atoms with Crippen LogP contribution in [0.25, 0.3) is 0 Å². The number of rotatable bonds is 4. The summed E-state index contributed by atoms with van der Waals surface area (Å²) < 4.78 is 0. The van der Waals surface area contributed by atoms with Gasteiger partial charge in [0.2, 0.25) is 0 Å². The topological polar surface area (TPSA) is 57.5 Å². The quantitative estimate of drug-likeness (QED) is 0.892. The number of carbonyl (C=O) groups is 1. The Morgan fingerprint density at radius 1 is 1.40 bits per heavy atom. The van der Waals surface area contributed by atoms with Crippen LogP contribution in [0.5, 0.6) is 0 Å². The molecule has 2 rings (SSSR count). The van der Waals surface area contributed by atoms with E-state index in [9.17, 15) is 9.90 Å². The molecule has 0 radical (unpaired) electrons. The molecule has 1 fully saturated rings. The van der Waals surface area contributed by atoms with Crippen molar-refractivity contribution in [3.8, 4) is 0 Å². The second-order valence-electron chi connectivity index (χ2n) is 5.73. The highest BCUT2D eigenvalue weighted by molar-refractivity contribution is 6.31. The third kappa shape index (κ3) is 3.53. The lowest BCUT2D eigenvalue weighted by molar-refractivity contribution is -0.138. The SMILES string of the molecule is CC(C(=O)O)c1ccc(C[C@@H]2CCCC[C@H]2O)c(Cl)c1. The van der Waals surface area contributed by atoms with Gasteiger partial charge in [-0.2, -0.15) is 0 Å². The van der Waals surface area contributed by atoms with E-state index in [1.807, 2.05) is 12.1 Å². The van der Waals surface area contributed by atoms with Gasteiger partial charge in [0.05, 0.1) is 12.0 Å². The molecule has 0 amide bonds. The summed E-state index contributed by atoms with van der Waals surface area (Å²) in [7, 11) is 0. The zero-order valence-electron chi connectivity index (χ0n) is 11.7. The summed E-state index contributed by atoms with van der Waals surface area (Å²) in [6.07, 6.45) is 4.69. The van der Waals surface area contributed by atoms with Gasteiger partial charge >= 0.3 is 5.97 Å². The maximum absolute atomic E-state index is 11.0. The molecule has 3 atom stereocenters. The molecule has 1 unspecified atom stereocenters. The van der Waals surface area contributed by atoms with E-state index in [2.05, 4.69) is 0 Å². The maximum Gasteiger partial charge on any atom is 0.310 e. The summed E-state index contributed by atoms with van der Waals surface area (Å²) in [5.74, 6) is -1.14. The van der Waals surface area contributed by atoms with Crippen LogP contribution >= 0.6 is 11.6 Å². The van der Waals surface area contributed by atoms with Gasteiger partial charge in [-0.05, 0) is 49.3 Å². The van der Waals surface area contributed by atoms with Crippen molar-refractivity contribution in [3.05, 3.63) is 34.3 Å². The third-order valence-corrected chi connectivity index (χ3v) is 4.65. The molecule has 0 aromatic heterocycles. The Morgan fingerprint density at radius 2 is 2.10 bits per heavy atom. The van der Waals surface area contributed by atoms with Gasteiger partial charge in [-0.15, -0.1) is 0 Å². The molecule has 1 aromatic carbocycles. The minimum atomic E-state index is -0.850. The van der Waals surface area contributed by atoms with Crippen LogP contribution in [-0.2, 0) is 11.2 Å². The molecule has 2 N–H and O–H groups in total. The van der Waals surface area contributed by atoms with Crippen molar-refractivity contribution in [2.45, 2.75) is 51.0 Å². The van der Waals surface area contributed by atoms with E-state index < -0.39 is 11.9 Å². The van der Waals surface area contributed by atoms with Crippen molar-refractivity contribution in [1.29, 1.82) is 0 Å². The number of benzene rings is 1. The first kappa shape index (κ1) is 15.3. The Balaban J connectivity index is 2.11. The second-order valence-corrected chi connectivity index (χ2v) is 6.13. The van der Waals surface area contributed by atoms with Crippen LogP contribution in [0.3, 0.4) is 0 Å². The van der Waals surface area contributed by atoms with E-state index in [0.717, 1.165) is 43.2 Å². The largest absolute Gasteiger partial charge is 0.481 e. The fraction of sp³-hybridized carbons (Fsp3) is 0.562. The fourth-order valence-electron chi connectivity index (χ4n) is 2.85. The van der Waals surface area contributed by atoms with E-state index in [-0.39, 0.29) is 12.0 Å². The minimum absolute atomic E-state index is 0.238. The normalized spacial score (nSPS) is 24.4. The van der Waals surface area contributed by atoms with E-state index in [4.69, 9.17) is 16.7 Å². The predicted molar refractivity (Wildman–Crippen MR) is 79.2 cm³/mol. The molecule has 0 bridgehead atoms. The van der Waals surface area contributed by atoms with Crippen LogP contribution in [0.15, 0.2) is 18.2 Å². The van der Waals surface area contributed by atoms with E-state index in [1.54, 1.807) is 13.0 Å². The summed E-state index contributed by atoms with van der Waals surface area (Å²) >= 11 is 6.27. The standard InChI is InChI=1S/C16H21ClO3/c1-10(16(19)20)11-6-7-12(14(17)9-11)8-13-4-2-3-5-15(13)18/h6-7,9-10,13,15,18H,2-5,8H2,1H3,(H,19,20)/t10?,13-,15+/m0/s1. The summed E-state index contributed by atoms with van der Waals surface area (Å²) in [4.78, 5) is 11.0. The summed E-state index contributed by atoms with van der Waals surface area (Å²) in [6.45, 7) is 1.65. The maximum atomic E-state index is 11.0. The van der Waals surface area contributed by atoms with Gasteiger partial charge in [0.15, 0.2) is 0 Å². The lowest BCUT2D eigenvalue weighted by atomic mass is 9.82. The molecular weight excluding hydrogens is 276 g/mol. The molecule has 20 heavy (non-hydrogen) atoms. The molecule has 3 nitrogen and oxygen atoms in total. The van der Waals surface area contributed by atoms with Crippen molar-refractivity contribution in [3.63, 3.8) is 0 Å². The number of halogens is 1. The predicted octanol–water partition coefficient (Wildman–Crippen LogP) is 3.62. The third-order valence-electron chi connectivity index (χ3n) is 4.30. The van der Waals surface area contributed by atoms with Crippen LogP contribution in [0.2, 0.25) is 5.02 Å². The molecule has 0 spiro atoms. The summed E-state index contributed by atoms with van der Waals surface area (Å²) in [5, 5.41) is 19.6. The van der Waals surface area contributed by atoms with Gasteiger partial charge < -0.3 is 10.2 Å². The van der Waals surface area contributed by atoms with E-state index >= 15 is 0 Å². The van der Waals surface area contributed by atoms with Crippen LogP contribution in [0.4, 0.5) is 0 Å². The molecule has 1 aromatic rings. The number of carboxylic acids is 1. The number of hydrogen-bond acceptors (Lipinski definition) is 2. The Morgan fingerprint density at radius 3 is 2.70 bits per heavy atom. The first-order valence-electron chi connectivity index (χ1n) is 7.18. The lowest BCUT2D eigenvalue weighted by Crippen LogP contribution is -2.26. The monoisotopic (exact) mass is 296 g/mol. The Bertz CT molecular complexity index is 487. The average molecular weight is 297 g/mol. The van der Waals surface area contributed by atoms with E-state index in [0.29, 0.717) is 5.02 Å². The molecule has 1 aliphatic rings. The molecule has 0 aliphatic heterocycles. The van der Waals surface area contributed by atoms with Crippen molar-refractivity contribution >= 4 is 17.6 Å². The van der Waals surface area contributed by atoms with Crippen molar-refractivity contribution in [2.75, 3.05) is 0 Å². The highest BCUT2D eigenvalue weighted by atomic mass is 35.5. The van der Waals surface area contributed by atoms with Gasteiger partial charge in [0.1, 0.15) is 0 Å². The van der Waals surface area contributed by atoms with E-state index in [1.165, 1.54) is 0 Å². The van der Waals surface area contributed by atoms with Crippen LogP contribution in [0, 0.1) is 5.92 Å². The van der Waals surface area contributed by atoms with Crippen LogP contribution < -0.4 is 0 Å². The number of aliphatic carboxylic acids is 1. The number of carboxylic acid groups (broad SMARTS) is 1. The zero-order valence-corrected chi connectivity index (χ0v) is 12.4. The number of hydrogen-bond donors (Lipinski definition) is 2. The Hall–Kier alpha value is -1.06. The highest BCUT2D eigenvalue weighted by Crippen LogP contribution is 2.31. The van der Waals surface area contributed by atoms with Gasteiger partial charge in [-0.3, -0.25) is 4.79 Å². The van der Waals surface area contributed by atoms with Crippen molar-refractivity contribution < 1.29 is 15.0 Å². The van der Waals surface area contributed by atoms with Gasteiger partial charge in [0.25, 0.3) is 0 Å². The van der Waals surface area contributed by atoms with Gasteiger partial charge in [-0.25, -0.2) is 0 Å². The second kappa shape index (κ2) is 6.59.